The van der Waals surface area contributed by atoms with Crippen molar-refractivity contribution in [1.82, 2.24) is 0 Å². The fourth-order valence-electron chi connectivity index (χ4n) is 7.44. The predicted octanol–water partition coefficient (Wildman–Crippen LogP) is 16.1. The molecule has 0 fully saturated rings. The van der Waals surface area contributed by atoms with Crippen molar-refractivity contribution in [2.45, 2.75) is 277 Å². The first kappa shape index (κ1) is 52.1. The summed E-state index contributed by atoms with van der Waals surface area (Å²) in [6.07, 6.45) is 57.2. The molecule has 0 saturated heterocycles. The van der Waals surface area contributed by atoms with Crippen molar-refractivity contribution < 1.29 is 19.4 Å². The van der Waals surface area contributed by atoms with Crippen molar-refractivity contribution in [3.05, 3.63) is 12.2 Å². The first-order valence-corrected chi connectivity index (χ1v) is 24.3. The molecule has 0 bridgehead atoms. The maximum absolute atomic E-state index is 12.2. The second kappa shape index (κ2) is 47.3. The Kier molecular flexibility index (Phi) is 46.5. The van der Waals surface area contributed by atoms with E-state index in [0.717, 1.165) is 19.3 Å². The summed E-state index contributed by atoms with van der Waals surface area (Å²) in [7, 11) is 0. The predicted molar refractivity (Wildman–Crippen MR) is 233 cm³/mol. The van der Waals surface area contributed by atoms with Gasteiger partial charge in [0.05, 0.1) is 13.2 Å². The number of ether oxygens (including phenoxy) is 2. The van der Waals surface area contributed by atoms with E-state index in [-0.39, 0.29) is 12.6 Å². The van der Waals surface area contributed by atoms with Crippen molar-refractivity contribution in [3.63, 3.8) is 0 Å². The minimum absolute atomic E-state index is 0.166. The summed E-state index contributed by atoms with van der Waals surface area (Å²) in [5.41, 5.74) is 0. The van der Waals surface area contributed by atoms with Gasteiger partial charge in [-0.3, -0.25) is 4.79 Å². The monoisotopic (exact) mass is 749 g/mol. The standard InChI is InChI=1S/C49H96O4/c1-3-5-7-9-11-13-15-17-19-21-23-24-25-27-29-31-33-35-37-39-41-43-45-52-47-48(46-50)53-49(51)44-42-40-38-36-34-32-30-28-26-22-20-18-16-14-12-10-8-6-4-2/h21,23,48,50H,3-20,22,24-47H2,1-2H3/b23-21-. The van der Waals surface area contributed by atoms with Crippen LogP contribution >= 0.6 is 0 Å². The van der Waals surface area contributed by atoms with E-state index in [1.165, 1.54) is 231 Å². The summed E-state index contributed by atoms with van der Waals surface area (Å²) in [6.45, 7) is 5.40. The quantitative estimate of drug-likeness (QED) is 0.0383. The fraction of sp³-hybridized carbons (Fsp3) is 0.939. The van der Waals surface area contributed by atoms with E-state index < -0.39 is 6.10 Å². The van der Waals surface area contributed by atoms with Crippen molar-refractivity contribution in [3.8, 4) is 0 Å². The van der Waals surface area contributed by atoms with Crippen LogP contribution in [0.1, 0.15) is 271 Å². The molecule has 0 aromatic carbocycles. The van der Waals surface area contributed by atoms with Gasteiger partial charge in [-0.2, -0.15) is 0 Å². The van der Waals surface area contributed by atoms with Crippen LogP contribution in [0.2, 0.25) is 0 Å². The Bertz CT molecular complexity index is 707. The van der Waals surface area contributed by atoms with Crippen LogP contribution in [-0.2, 0) is 14.3 Å². The number of hydrogen-bond acceptors (Lipinski definition) is 4. The lowest BCUT2D eigenvalue weighted by molar-refractivity contribution is -0.154. The van der Waals surface area contributed by atoms with Gasteiger partial charge < -0.3 is 14.6 Å². The van der Waals surface area contributed by atoms with Gasteiger partial charge in [-0.25, -0.2) is 0 Å². The summed E-state index contributed by atoms with van der Waals surface area (Å²) in [5, 5.41) is 9.63. The Labute approximate surface area is 333 Å². The molecule has 1 N–H and O–H groups in total. The number of hydrogen-bond donors (Lipinski definition) is 1. The van der Waals surface area contributed by atoms with Gasteiger partial charge in [0.2, 0.25) is 0 Å². The molecular formula is C49H96O4. The highest BCUT2D eigenvalue weighted by Gasteiger charge is 2.13. The molecule has 0 aliphatic rings. The Morgan fingerprint density at radius 2 is 0.736 bits per heavy atom. The van der Waals surface area contributed by atoms with Crippen molar-refractivity contribution in [2.24, 2.45) is 0 Å². The largest absolute Gasteiger partial charge is 0.457 e. The smallest absolute Gasteiger partial charge is 0.306 e. The van der Waals surface area contributed by atoms with Crippen LogP contribution in [0.15, 0.2) is 12.2 Å². The third-order valence-electron chi connectivity index (χ3n) is 11.1. The average Bonchev–Trinajstić information content (AvgIpc) is 3.16. The summed E-state index contributed by atoms with van der Waals surface area (Å²) >= 11 is 0. The summed E-state index contributed by atoms with van der Waals surface area (Å²) in [6, 6.07) is 0. The normalized spacial score (nSPS) is 12.3. The van der Waals surface area contributed by atoms with Crippen LogP contribution in [0.4, 0.5) is 0 Å². The van der Waals surface area contributed by atoms with E-state index in [1.807, 2.05) is 0 Å². The van der Waals surface area contributed by atoms with Crippen LogP contribution in [0, 0.1) is 0 Å². The third kappa shape index (κ3) is 45.4. The van der Waals surface area contributed by atoms with Crippen LogP contribution in [0.25, 0.3) is 0 Å². The number of carbonyl (C=O) groups is 1. The maximum Gasteiger partial charge on any atom is 0.306 e. The molecule has 0 aromatic heterocycles. The average molecular weight is 749 g/mol. The zero-order valence-electron chi connectivity index (χ0n) is 36.3. The van der Waals surface area contributed by atoms with Crippen molar-refractivity contribution in [1.29, 1.82) is 0 Å². The topological polar surface area (TPSA) is 55.8 Å². The molecule has 0 heterocycles. The number of esters is 1. The molecule has 1 atom stereocenters. The molecule has 0 spiro atoms. The minimum atomic E-state index is -0.529. The molecule has 4 nitrogen and oxygen atoms in total. The first-order chi connectivity index (χ1) is 26.2. The zero-order chi connectivity index (χ0) is 38.4. The Hall–Kier alpha value is -0.870. The number of allylic oxidation sites excluding steroid dienone is 2. The molecule has 0 aliphatic heterocycles. The van der Waals surface area contributed by atoms with Crippen molar-refractivity contribution >= 4 is 5.97 Å². The molecule has 0 radical (unpaired) electrons. The van der Waals surface area contributed by atoms with Crippen LogP contribution in [0.5, 0.6) is 0 Å². The minimum Gasteiger partial charge on any atom is -0.457 e. The highest BCUT2D eigenvalue weighted by atomic mass is 16.6. The third-order valence-corrected chi connectivity index (χ3v) is 11.1. The van der Waals surface area contributed by atoms with Crippen LogP contribution in [0.3, 0.4) is 0 Å². The van der Waals surface area contributed by atoms with Gasteiger partial charge in [-0.05, 0) is 38.5 Å². The lowest BCUT2D eigenvalue weighted by Gasteiger charge is -2.16. The summed E-state index contributed by atoms with van der Waals surface area (Å²) in [5.74, 6) is -0.194. The second-order valence-corrected chi connectivity index (χ2v) is 16.5. The Morgan fingerprint density at radius 1 is 0.434 bits per heavy atom. The van der Waals surface area contributed by atoms with E-state index in [2.05, 4.69) is 26.0 Å². The Balaban J connectivity index is 3.36. The van der Waals surface area contributed by atoms with Crippen LogP contribution in [-0.4, -0.2) is 37.0 Å². The van der Waals surface area contributed by atoms with E-state index in [1.54, 1.807) is 0 Å². The summed E-state index contributed by atoms with van der Waals surface area (Å²) < 4.78 is 11.2. The maximum atomic E-state index is 12.2. The lowest BCUT2D eigenvalue weighted by Crippen LogP contribution is -2.27. The fourth-order valence-corrected chi connectivity index (χ4v) is 7.44. The van der Waals surface area contributed by atoms with Gasteiger partial charge in [0, 0.05) is 13.0 Å². The van der Waals surface area contributed by atoms with Gasteiger partial charge in [-0.15, -0.1) is 0 Å². The highest BCUT2D eigenvalue weighted by molar-refractivity contribution is 5.69. The Morgan fingerprint density at radius 3 is 1.08 bits per heavy atom. The molecular weight excluding hydrogens is 653 g/mol. The van der Waals surface area contributed by atoms with Gasteiger partial charge in [0.15, 0.2) is 0 Å². The van der Waals surface area contributed by atoms with E-state index >= 15 is 0 Å². The van der Waals surface area contributed by atoms with E-state index in [9.17, 15) is 9.90 Å². The SMILES string of the molecule is CCCCCCCCCC/C=C\CCCCCCCCCCCCOCC(CO)OC(=O)CCCCCCCCCCCCCCCCCCCCC. The molecule has 0 amide bonds. The van der Waals surface area contributed by atoms with Gasteiger partial charge >= 0.3 is 5.97 Å². The molecule has 0 rings (SSSR count). The van der Waals surface area contributed by atoms with E-state index in [4.69, 9.17) is 9.47 Å². The van der Waals surface area contributed by atoms with Crippen LogP contribution < -0.4 is 0 Å². The molecule has 316 valence electrons. The number of rotatable bonds is 46. The molecule has 4 heteroatoms. The number of unbranched alkanes of at least 4 members (excludes halogenated alkanes) is 36. The highest BCUT2D eigenvalue weighted by Crippen LogP contribution is 2.16. The van der Waals surface area contributed by atoms with Crippen molar-refractivity contribution in [2.75, 3.05) is 19.8 Å². The zero-order valence-corrected chi connectivity index (χ0v) is 36.3. The molecule has 0 saturated carbocycles. The second-order valence-electron chi connectivity index (χ2n) is 16.5. The number of carbonyl (C=O) groups excluding carboxylic acids is 1. The summed E-state index contributed by atoms with van der Waals surface area (Å²) in [4.78, 5) is 12.2. The lowest BCUT2D eigenvalue weighted by atomic mass is 10.0. The van der Waals surface area contributed by atoms with Gasteiger partial charge in [0.25, 0.3) is 0 Å². The number of aliphatic hydroxyl groups excluding tert-OH is 1. The molecule has 0 aromatic rings. The van der Waals surface area contributed by atoms with Gasteiger partial charge in [-0.1, -0.05) is 238 Å². The first-order valence-electron chi connectivity index (χ1n) is 24.3. The molecule has 0 aliphatic carbocycles. The van der Waals surface area contributed by atoms with Gasteiger partial charge in [0.1, 0.15) is 6.10 Å². The number of aliphatic hydroxyl groups is 1. The van der Waals surface area contributed by atoms with E-state index in [0.29, 0.717) is 19.6 Å². The molecule has 1 unspecified atom stereocenters. The molecule has 53 heavy (non-hydrogen) atoms.